The van der Waals surface area contributed by atoms with Gasteiger partial charge < -0.3 is 40.4 Å². The van der Waals surface area contributed by atoms with E-state index in [0.29, 0.717) is 70.0 Å². The highest BCUT2D eigenvalue weighted by atomic mass is 16.2. The van der Waals surface area contributed by atoms with Crippen molar-refractivity contribution in [1.29, 1.82) is 0 Å². The molecule has 3 N–H and O–H groups in total. The number of amides is 6. The first-order chi connectivity index (χ1) is 39.6. The van der Waals surface area contributed by atoms with Crippen LogP contribution in [0.3, 0.4) is 0 Å². The molecule has 2 aliphatic heterocycles. The van der Waals surface area contributed by atoms with Gasteiger partial charge in [0.1, 0.15) is 0 Å². The smallest absolute Gasteiger partial charge is 0.322 e. The number of anilines is 10. The van der Waals surface area contributed by atoms with E-state index in [2.05, 4.69) is 31.1 Å². The number of aromatic nitrogens is 8. The van der Waals surface area contributed by atoms with E-state index in [0.717, 1.165) is 11.1 Å². The van der Waals surface area contributed by atoms with E-state index < -0.39 is 12.1 Å². The summed E-state index contributed by atoms with van der Waals surface area (Å²) in [5.41, 5.74) is 6.06. The van der Waals surface area contributed by atoms with Crippen molar-refractivity contribution >= 4 is 81.5 Å². The molecule has 2 atom stereocenters. The van der Waals surface area contributed by atoms with E-state index in [1.807, 2.05) is 125 Å². The van der Waals surface area contributed by atoms with E-state index >= 15 is 14.4 Å². The predicted octanol–water partition coefficient (Wildman–Crippen LogP) is 9.08. The predicted molar refractivity (Wildman–Crippen MR) is 316 cm³/mol. The summed E-state index contributed by atoms with van der Waals surface area (Å²) < 4.78 is 3.31. The number of carbonyl (C=O) groups excluding carboxylic acids is 4. The van der Waals surface area contributed by atoms with E-state index in [1.54, 1.807) is 122 Å². The molecule has 0 unspecified atom stereocenters. The van der Waals surface area contributed by atoms with Crippen LogP contribution in [0.5, 0.6) is 0 Å². The number of nitrogens with one attached hydrogen (secondary N) is 3. The highest BCUT2D eigenvalue weighted by Crippen LogP contribution is 2.42. The van der Waals surface area contributed by atoms with Crippen LogP contribution in [-0.4, -0.2) is 131 Å². The molecule has 82 heavy (non-hydrogen) atoms. The van der Waals surface area contributed by atoms with Crippen LogP contribution in [0.4, 0.5) is 67.2 Å². The van der Waals surface area contributed by atoms with Crippen LogP contribution in [0, 0.1) is 0 Å². The first-order valence-corrected chi connectivity index (χ1v) is 26.7. The minimum Gasteiger partial charge on any atom is -0.322 e. The number of carbonyl (C=O) groups is 4. The topological polar surface area (TPSA) is 214 Å². The molecule has 0 fully saturated rings. The first-order valence-electron chi connectivity index (χ1n) is 26.7. The van der Waals surface area contributed by atoms with Gasteiger partial charge in [0, 0.05) is 86.6 Å². The molecule has 0 bridgehead atoms. The SMILES string of the molecule is C[C@H](c1ccccc1)N1Cc2cnc(Nc3cnn(C)c3)nc2N(c2cccc(N(C[C@@H](c3ccccc3)N3Cc4cnc(Nc5cnn(C)c5)nc4N(c4cccc(NC(=O)/C=C/CN(C)C)c4)C3=O)C(=O)/C=C/CN(C)C)c2)C1=O. The zero-order valence-electron chi connectivity index (χ0n) is 46.7. The maximum absolute atomic E-state index is 15.9. The van der Waals surface area contributed by atoms with Crippen molar-refractivity contribution in [3.8, 4) is 0 Å². The van der Waals surface area contributed by atoms with Gasteiger partial charge in [0.25, 0.3) is 5.91 Å². The first kappa shape index (κ1) is 55.3. The zero-order chi connectivity index (χ0) is 57.4. The van der Waals surface area contributed by atoms with Gasteiger partial charge in [0.2, 0.25) is 17.8 Å². The number of nitrogens with zero attached hydrogens (tertiary/aromatic N) is 15. The summed E-state index contributed by atoms with van der Waals surface area (Å²) in [6.07, 6.45) is 16.9. The highest BCUT2D eigenvalue weighted by molar-refractivity contribution is 6.06. The van der Waals surface area contributed by atoms with E-state index in [1.165, 1.54) is 17.1 Å². The third-order valence-electron chi connectivity index (χ3n) is 13.8. The maximum Gasteiger partial charge on any atom is 0.331 e. The Morgan fingerprint density at radius 3 is 1.70 bits per heavy atom. The Hall–Kier alpha value is -10.1. The average Bonchev–Trinajstić information content (AvgIpc) is 4.12. The molecule has 418 valence electrons. The van der Waals surface area contributed by atoms with Crippen LogP contribution in [0.15, 0.2) is 171 Å². The Bertz CT molecular complexity index is 3660. The van der Waals surface area contributed by atoms with Crippen molar-refractivity contribution in [3.63, 3.8) is 0 Å². The molecule has 6 amide bonds. The Morgan fingerprint density at radius 2 is 1.13 bits per heavy atom. The lowest BCUT2D eigenvalue weighted by atomic mass is 10.0. The van der Waals surface area contributed by atoms with Crippen LogP contribution in [-0.2, 0) is 36.8 Å². The Morgan fingerprint density at radius 1 is 0.610 bits per heavy atom. The molecule has 8 aromatic rings. The average molecular weight is 1100 g/mol. The lowest BCUT2D eigenvalue weighted by molar-refractivity contribution is -0.114. The molecule has 4 aromatic heterocycles. The Labute approximate surface area is 475 Å². The standard InChI is InChI=1S/C60H64N18O4/c1-41(42-18-10-8-11-19-42)74-36-44-32-61-57(66-47-34-63-72(6)38-47)68-55(44)78(59(74)81)51-25-15-23-49(31-51)75(54(80)27-17-29-71(4)5)40-52(43-20-12-9-13-21-43)76-37-45-33-62-58(67-48-35-64-73(7)39-48)69-56(45)77(60(76)82)50-24-14-22-46(30-50)65-53(79)26-16-28-70(2)3/h8-27,30-35,38-39,41,52H,28-29,36-37,40H2,1-7H3,(H,65,79)(H,61,66,68)(H,62,67,69)/b26-16+,27-17+/t41-,52+/m1/s1. The number of benzene rings is 4. The van der Waals surface area contributed by atoms with Crippen molar-refractivity contribution in [2.45, 2.75) is 32.1 Å². The Kier molecular flexibility index (Phi) is 16.5. The van der Waals surface area contributed by atoms with E-state index in [9.17, 15) is 4.79 Å². The summed E-state index contributed by atoms with van der Waals surface area (Å²) in [5, 5.41) is 17.9. The van der Waals surface area contributed by atoms with Crippen LogP contribution >= 0.6 is 0 Å². The molecule has 6 heterocycles. The van der Waals surface area contributed by atoms with Crippen LogP contribution in [0.2, 0.25) is 0 Å². The van der Waals surface area contributed by atoms with E-state index in [-0.39, 0.29) is 55.4 Å². The van der Waals surface area contributed by atoms with Gasteiger partial charge in [-0.05, 0) is 82.6 Å². The van der Waals surface area contributed by atoms with Gasteiger partial charge >= 0.3 is 12.1 Å². The second kappa shape index (κ2) is 24.5. The maximum atomic E-state index is 15.9. The summed E-state index contributed by atoms with van der Waals surface area (Å²) in [6, 6.07) is 31.7. The molecule has 10 rings (SSSR count). The summed E-state index contributed by atoms with van der Waals surface area (Å²) in [6.45, 7) is 3.27. The molecule has 22 nitrogen and oxygen atoms in total. The number of likely N-dealkylation sites (N-methyl/N-ethyl adjacent to an activating group) is 2. The van der Waals surface area contributed by atoms with Gasteiger partial charge in [0.15, 0.2) is 11.6 Å². The quantitative estimate of drug-likeness (QED) is 0.0608. The fourth-order valence-electron chi connectivity index (χ4n) is 9.71. The van der Waals surface area contributed by atoms with E-state index in [4.69, 9.17) is 15.0 Å². The molecule has 2 aliphatic rings. The summed E-state index contributed by atoms with van der Waals surface area (Å²) >= 11 is 0. The van der Waals surface area contributed by atoms with Crippen molar-refractivity contribution in [2.75, 3.05) is 78.5 Å². The van der Waals surface area contributed by atoms with Crippen molar-refractivity contribution in [2.24, 2.45) is 14.1 Å². The second-order valence-corrected chi connectivity index (χ2v) is 20.5. The molecule has 0 aliphatic carbocycles. The number of urea groups is 2. The number of aryl methyl sites for hydroxylation is 2. The molecule has 22 heteroatoms. The minimum atomic E-state index is -0.800. The number of hydrogen-bond acceptors (Lipinski definition) is 14. The lowest BCUT2D eigenvalue weighted by Crippen LogP contribution is -2.50. The molecule has 4 aromatic carbocycles. The lowest BCUT2D eigenvalue weighted by Gasteiger charge is -2.42. The molecular formula is C60H64N18O4. The Balaban J connectivity index is 1.06. The highest BCUT2D eigenvalue weighted by Gasteiger charge is 2.41. The fourth-order valence-corrected chi connectivity index (χ4v) is 9.71. The van der Waals surface area contributed by atoms with Gasteiger partial charge in [0.05, 0.1) is 66.9 Å². The van der Waals surface area contributed by atoms with Gasteiger partial charge in [-0.15, -0.1) is 0 Å². The van der Waals surface area contributed by atoms with Crippen molar-refractivity contribution in [3.05, 3.63) is 193 Å². The number of rotatable bonds is 20. The fraction of sp³-hybridized carbons (Fsp3) is 0.233. The van der Waals surface area contributed by atoms with Crippen LogP contribution in [0.25, 0.3) is 0 Å². The van der Waals surface area contributed by atoms with Crippen LogP contribution in [0.1, 0.15) is 41.3 Å². The van der Waals surface area contributed by atoms with Crippen LogP contribution < -0.4 is 30.7 Å². The zero-order valence-corrected chi connectivity index (χ0v) is 46.7. The van der Waals surface area contributed by atoms with Gasteiger partial charge in [-0.2, -0.15) is 20.2 Å². The van der Waals surface area contributed by atoms with Gasteiger partial charge in [-0.25, -0.2) is 29.4 Å². The van der Waals surface area contributed by atoms with Gasteiger partial charge in [-0.1, -0.05) is 84.9 Å². The molecule has 0 saturated heterocycles. The van der Waals surface area contributed by atoms with Gasteiger partial charge in [-0.3, -0.25) is 19.0 Å². The molecule has 0 radical (unpaired) electrons. The third-order valence-corrected chi connectivity index (χ3v) is 13.8. The summed E-state index contributed by atoms with van der Waals surface area (Å²) in [4.78, 5) is 90.8. The summed E-state index contributed by atoms with van der Waals surface area (Å²) in [7, 11) is 11.3. The second-order valence-electron chi connectivity index (χ2n) is 20.5. The number of fused-ring (bicyclic) bond motifs is 2. The molecular weight excluding hydrogens is 1040 g/mol. The third kappa shape index (κ3) is 12.7. The summed E-state index contributed by atoms with van der Waals surface area (Å²) in [5.74, 6) is 0.479. The largest absolute Gasteiger partial charge is 0.331 e. The molecule has 0 spiro atoms. The van der Waals surface area contributed by atoms with Crippen molar-refractivity contribution < 1.29 is 19.2 Å². The normalized spacial score (nSPS) is 14.2. The number of hydrogen-bond donors (Lipinski definition) is 3. The molecule has 0 saturated carbocycles. The monoisotopic (exact) mass is 1100 g/mol. The van der Waals surface area contributed by atoms with Crippen molar-refractivity contribution in [1.82, 2.24) is 59.1 Å². The minimum absolute atomic E-state index is 0.0482.